The summed E-state index contributed by atoms with van der Waals surface area (Å²) in [5.41, 5.74) is -0.353. The summed E-state index contributed by atoms with van der Waals surface area (Å²) in [4.78, 5) is 24.5. The Morgan fingerprint density at radius 2 is 0.510 bits per heavy atom. The number of hydrogen-bond acceptors (Lipinski definition) is 4. The first kappa shape index (κ1) is 47.9. The highest BCUT2D eigenvalue weighted by molar-refractivity contribution is 5.69. The second-order valence-electron chi connectivity index (χ2n) is 16.3. The monoisotopic (exact) mass is 693 g/mol. The van der Waals surface area contributed by atoms with Crippen molar-refractivity contribution in [3.05, 3.63) is 0 Å². The van der Waals surface area contributed by atoms with Gasteiger partial charge in [-0.05, 0) is 12.8 Å². The van der Waals surface area contributed by atoms with Gasteiger partial charge in [-0.3, -0.25) is 9.59 Å². The van der Waals surface area contributed by atoms with Crippen molar-refractivity contribution in [2.45, 2.75) is 259 Å². The lowest BCUT2D eigenvalue weighted by molar-refractivity contribution is -0.152. The minimum atomic E-state index is -0.353. The molecule has 49 heavy (non-hydrogen) atoms. The Bertz CT molecular complexity index is 632. The Labute approximate surface area is 307 Å². The Morgan fingerprint density at radius 1 is 0.327 bits per heavy atom. The van der Waals surface area contributed by atoms with Crippen LogP contribution in [0.15, 0.2) is 0 Å². The summed E-state index contributed by atoms with van der Waals surface area (Å²) in [6.45, 7) is 9.17. The summed E-state index contributed by atoms with van der Waals surface area (Å²) in [6.07, 6.45) is 46.5. The summed E-state index contributed by atoms with van der Waals surface area (Å²) in [5, 5.41) is 0. The smallest absolute Gasteiger partial charge is 0.305 e. The number of ether oxygens (including phenoxy) is 2. The van der Waals surface area contributed by atoms with Gasteiger partial charge >= 0.3 is 11.9 Å². The van der Waals surface area contributed by atoms with Crippen molar-refractivity contribution in [1.29, 1.82) is 0 Å². The topological polar surface area (TPSA) is 52.6 Å². The summed E-state index contributed by atoms with van der Waals surface area (Å²) < 4.78 is 11.1. The zero-order chi connectivity index (χ0) is 35.9. The van der Waals surface area contributed by atoms with Gasteiger partial charge < -0.3 is 9.47 Å². The predicted octanol–water partition coefficient (Wildman–Crippen LogP) is 15.2. The van der Waals surface area contributed by atoms with Gasteiger partial charge in [-0.15, -0.1) is 0 Å². The van der Waals surface area contributed by atoms with Crippen LogP contribution in [0, 0.1) is 5.41 Å². The lowest BCUT2D eigenvalue weighted by Crippen LogP contribution is -2.28. The van der Waals surface area contributed by atoms with Gasteiger partial charge in [0.25, 0.3) is 0 Å². The van der Waals surface area contributed by atoms with E-state index in [2.05, 4.69) is 13.8 Å². The molecule has 0 aromatic rings. The van der Waals surface area contributed by atoms with Gasteiger partial charge in [-0.2, -0.15) is 0 Å². The summed E-state index contributed by atoms with van der Waals surface area (Å²) in [6, 6.07) is 0. The zero-order valence-corrected chi connectivity index (χ0v) is 34.0. The van der Waals surface area contributed by atoms with Crippen LogP contribution < -0.4 is 0 Å². The van der Waals surface area contributed by atoms with E-state index in [4.69, 9.17) is 9.47 Å². The van der Waals surface area contributed by atoms with E-state index in [1.165, 1.54) is 193 Å². The fourth-order valence-electron chi connectivity index (χ4n) is 6.73. The highest BCUT2D eigenvalue weighted by atomic mass is 16.5. The molecule has 0 unspecified atom stereocenters. The zero-order valence-electron chi connectivity index (χ0n) is 34.0. The molecule has 0 N–H and O–H groups in total. The van der Waals surface area contributed by atoms with Crippen LogP contribution in [-0.4, -0.2) is 25.2 Å². The maximum Gasteiger partial charge on any atom is 0.305 e. The molecule has 0 saturated carbocycles. The minimum Gasteiger partial charge on any atom is -0.465 e. The van der Waals surface area contributed by atoms with Crippen LogP contribution in [0.1, 0.15) is 259 Å². The van der Waals surface area contributed by atoms with Crippen LogP contribution in [0.5, 0.6) is 0 Å². The van der Waals surface area contributed by atoms with Crippen molar-refractivity contribution >= 4 is 11.9 Å². The molecule has 0 radical (unpaired) electrons. The average molecular weight is 693 g/mol. The molecule has 0 atom stereocenters. The lowest BCUT2D eigenvalue weighted by Gasteiger charge is -2.23. The molecule has 0 amide bonds. The molecular weight excluding hydrogens is 604 g/mol. The Morgan fingerprint density at radius 3 is 0.714 bits per heavy atom. The number of carbonyl (C=O) groups is 2. The molecule has 0 aromatic carbocycles. The van der Waals surface area contributed by atoms with Gasteiger partial charge in [0.2, 0.25) is 0 Å². The molecule has 0 bridgehead atoms. The molecule has 0 aliphatic carbocycles. The highest BCUT2D eigenvalue weighted by Gasteiger charge is 2.22. The number of rotatable bonds is 40. The number of hydrogen-bond donors (Lipinski definition) is 0. The van der Waals surface area contributed by atoms with Crippen molar-refractivity contribution in [3.8, 4) is 0 Å². The normalized spacial score (nSPS) is 11.7. The van der Waals surface area contributed by atoms with Crippen molar-refractivity contribution in [2.24, 2.45) is 5.41 Å². The SMILES string of the molecule is CCCCCCCCCCCCCCCCCCCC(=O)OCC(C)(C)COC(=O)CCCCCCCCCCCCCCCCCCC. The second kappa shape index (κ2) is 38.2. The van der Waals surface area contributed by atoms with Gasteiger partial charge in [-0.25, -0.2) is 0 Å². The molecular formula is C45H88O4. The van der Waals surface area contributed by atoms with E-state index in [0.717, 1.165) is 25.7 Å². The van der Waals surface area contributed by atoms with E-state index in [1.807, 2.05) is 13.8 Å². The van der Waals surface area contributed by atoms with Crippen LogP contribution in [0.25, 0.3) is 0 Å². The Kier molecular flexibility index (Phi) is 37.4. The van der Waals surface area contributed by atoms with E-state index in [1.54, 1.807) is 0 Å². The third kappa shape index (κ3) is 39.6. The van der Waals surface area contributed by atoms with Crippen LogP contribution in [-0.2, 0) is 19.1 Å². The molecule has 0 fully saturated rings. The molecule has 4 nitrogen and oxygen atoms in total. The van der Waals surface area contributed by atoms with E-state index < -0.39 is 0 Å². The first-order valence-corrected chi connectivity index (χ1v) is 22.2. The van der Waals surface area contributed by atoms with Gasteiger partial charge in [0, 0.05) is 18.3 Å². The Hall–Kier alpha value is -1.06. The third-order valence-electron chi connectivity index (χ3n) is 10.2. The second-order valence-corrected chi connectivity index (χ2v) is 16.3. The molecule has 292 valence electrons. The maximum atomic E-state index is 12.2. The van der Waals surface area contributed by atoms with E-state index in [-0.39, 0.29) is 17.4 Å². The quantitative estimate of drug-likeness (QED) is 0.0474. The molecule has 0 heterocycles. The number of esters is 2. The third-order valence-corrected chi connectivity index (χ3v) is 10.2. The number of unbranched alkanes of at least 4 members (excludes halogenated alkanes) is 32. The summed E-state index contributed by atoms with van der Waals surface area (Å²) >= 11 is 0. The predicted molar refractivity (Wildman–Crippen MR) is 213 cm³/mol. The molecule has 0 aliphatic rings. The fraction of sp³-hybridized carbons (Fsp3) is 0.956. The largest absolute Gasteiger partial charge is 0.465 e. The van der Waals surface area contributed by atoms with Crippen LogP contribution in [0.4, 0.5) is 0 Å². The Balaban J connectivity index is 3.47. The van der Waals surface area contributed by atoms with E-state index in [0.29, 0.717) is 26.1 Å². The van der Waals surface area contributed by atoms with Crippen LogP contribution in [0.2, 0.25) is 0 Å². The molecule has 0 spiro atoms. The van der Waals surface area contributed by atoms with E-state index >= 15 is 0 Å². The van der Waals surface area contributed by atoms with Gasteiger partial charge in [-0.1, -0.05) is 233 Å². The van der Waals surface area contributed by atoms with Gasteiger partial charge in [0.15, 0.2) is 0 Å². The van der Waals surface area contributed by atoms with Crippen molar-refractivity contribution in [2.75, 3.05) is 13.2 Å². The molecule has 0 aliphatic heterocycles. The van der Waals surface area contributed by atoms with Crippen LogP contribution >= 0.6 is 0 Å². The van der Waals surface area contributed by atoms with Crippen molar-refractivity contribution in [3.63, 3.8) is 0 Å². The standard InChI is InChI=1S/C45H88O4/c1-5-7-9-11-13-15-17-19-21-23-25-27-29-31-33-35-37-39-43(46)48-41-45(3,4)42-49-44(47)40-38-36-34-32-30-28-26-24-22-20-18-16-14-12-10-8-6-2/h5-42H2,1-4H3. The first-order valence-electron chi connectivity index (χ1n) is 22.2. The molecule has 4 heteroatoms. The van der Waals surface area contributed by atoms with Gasteiger partial charge in [0.1, 0.15) is 0 Å². The highest BCUT2D eigenvalue weighted by Crippen LogP contribution is 2.19. The maximum absolute atomic E-state index is 12.2. The lowest BCUT2D eigenvalue weighted by atomic mass is 9.96. The van der Waals surface area contributed by atoms with Crippen molar-refractivity contribution < 1.29 is 19.1 Å². The first-order chi connectivity index (χ1) is 23.9. The fourth-order valence-corrected chi connectivity index (χ4v) is 6.73. The average Bonchev–Trinajstić information content (AvgIpc) is 3.09. The number of carbonyl (C=O) groups excluding carboxylic acids is 2. The summed E-state index contributed by atoms with van der Waals surface area (Å²) in [5.74, 6) is -0.243. The molecule has 0 saturated heterocycles. The van der Waals surface area contributed by atoms with E-state index in [9.17, 15) is 9.59 Å². The van der Waals surface area contributed by atoms with Gasteiger partial charge in [0.05, 0.1) is 13.2 Å². The van der Waals surface area contributed by atoms with Crippen molar-refractivity contribution in [1.82, 2.24) is 0 Å². The minimum absolute atomic E-state index is 0.121. The molecule has 0 aromatic heterocycles. The molecule has 0 rings (SSSR count). The summed E-state index contributed by atoms with van der Waals surface area (Å²) in [7, 11) is 0. The van der Waals surface area contributed by atoms with Crippen LogP contribution in [0.3, 0.4) is 0 Å².